The van der Waals surface area contributed by atoms with Crippen LogP contribution in [0.25, 0.3) is 0 Å². The molecule has 1 aromatic carbocycles. The molecule has 21 heavy (non-hydrogen) atoms. The largest absolute Gasteiger partial charge is 0.444 e. The lowest BCUT2D eigenvalue weighted by Crippen LogP contribution is -2.48. The van der Waals surface area contributed by atoms with E-state index in [1.54, 1.807) is 12.1 Å². The Kier molecular flexibility index (Phi) is 4.61. The number of amides is 1. The van der Waals surface area contributed by atoms with Crippen LogP contribution in [0.2, 0.25) is 0 Å². The van der Waals surface area contributed by atoms with Crippen LogP contribution < -0.4 is 0 Å². The Bertz CT molecular complexity index is 512. The summed E-state index contributed by atoms with van der Waals surface area (Å²) in [6.07, 6.45) is 0.612. The molecular formula is C16H21BrFNO2. The van der Waals surface area contributed by atoms with E-state index >= 15 is 4.39 Å². The SMILES string of the molecule is CC(C)(C)OC(=O)N1CCCC(F)(c2ccc(Br)cc2)C1. The zero-order chi connectivity index (χ0) is 15.7. The quantitative estimate of drug-likeness (QED) is 0.732. The topological polar surface area (TPSA) is 29.5 Å². The molecule has 2 rings (SSSR count). The molecule has 0 aliphatic carbocycles. The van der Waals surface area contributed by atoms with Crippen molar-refractivity contribution in [1.29, 1.82) is 0 Å². The molecule has 116 valence electrons. The number of ether oxygens (including phenoxy) is 1. The molecule has 0 saturated carbocycles. The first kappa shape index (κ1) is 16.3. The molecule has 0 N–H and O–H groups in total. The highest BCUT2D eigenvalue weighted by Crippen LogP contribution is 2.36. The van der Waals surface area contributed by atoms with Crippen LogP contribution in [0, 0.1) is 0 Å². The standard InChI is InChI=1S/C16H21BrFNO2/c1-15(2,3)21-14(20)19-10-4-9-16(18,11-19)12-5-7-13(17)8-6-12/h5-8H,4,9-11H2,1-3H3. The molecule has 0 bridgehead atoms. The highest BCUT2D eigenvalue weighted by Gasteiger charge is 2.40. The third-order valence-electron chi connectivity index (χ3n) is 3.46. The number of halogens is 2. The maximum atomic E-state index is 15.2. The lowest BCUT2D eigenvalue weighted by molar-refractivity contribution is -0.00665. The minimum absolute atomic E-state index is 0.0452. The molecule has 3 nitrogen and oxygen atoms in total. The van der Waals surface area contributed by atoms with Gasteiger partial charge >= 0.3 is 6.09 Å². The molecule has 1 fully saturated rings. The molecular weight excluding hydrogens is 337 g/mol. The highest BCUT2D eigenvalue weighted by molar-refractivity contribution is 9.10. The predicted octanol–water partition coefficient (Wildman–Crippen LogP) is 4.64. The first-order valence-corrected chi connectivity index (χ1v) is 7.92. The molecule has 1 aliphatic heterocycles. The van der Waals surface area contributed by atoms with Crippen LogP contribution in [-0.2, 0) is 10.4 Å². The van der Waals surface area contributed by atoms with Gasteiger partial charge in [0.15, 0.2) is 5.67 Å². The second kappa shape index (κ2) is 5.95. The van der Waals surface area contributed by atoms with Crippen molar-refractivity contribution in [2.45, 2.75) is 44.9 Å². The molecule has 1 amide bonds. The monoisotopic (exact) mass is 357 g/mol. The second-order valence-corrected chi connectivity index (χ2v) is 7.39. The second-order valence-electron chi connectivity index (χ2n) is 6.48. The van der Waals surface area contributed by atoms with Crippen LogP contribution in [0.3, 0.4) is 0 Å². The zero-order valence-electron chi connectivity index (χ0n) is 12.7. The predicted molar refractivity (Wildman–Crippen MR) is 84.0 cm³/mol. The number of nitrogens with zero attached hydrogens (tertiary/aromatic N) is 1. The Morgan fingerprint density at radius 2 is 1.95 bits per heavy atom. The summed E-state index contributed by atoms with van der Waals surface area (Å²) in [5.41, 5.74) is -1.46. The van der Waals surface area contributed by atoms with Gasteiger partial charge in [-0.3, -0.25) is 0 Å². The van der Waals surface area contributed by atoms with Gasteiger partial charge in [0.05, 0.1) is 6.54 Å². The molecule has 0 spiro atoms. The molecule has 1 saturated heterocycles. The number of hydrogen-bond donors (Lipinski definition) is 0. The van der Waals surface area contributed by atoms with Crippen LogP contribution in [0.5, 0.6) is 0 Å². The van der Waals surface area contributed by atoms with Crippen molar-refractivity contribution in [3.8, 4) is 0 Å². The van der Waals surface area contributed by atoms with Gasteiger partial charge in [0.25, 0.3) is 0 Å². The molecule has 0 radical (unpaired) electrons. The van der Waals surface area contributed by atoms with Gasteiger partial charge in [0, 0.05) is 11.0 Å². The average Bonchev–Trinajstić information content (AvgIpc) is 2.37. The molecule has 1 heterocycles. The summed E-state index contributed by atoms with van der Waals surface area (Å²) in [6, 6.07) is 7.18. The summed E-state index contributed by atoms with van der Waals surface area (Å²) < 4.78 is 21.5. The van der Waals surface area contributed by atoms with Gasteiger partial charge in [-0.25, -0.2) is 9.18 Å². The van der Waals surface area contributed by atoms with Crippen molar-refractivity contribution in [3.63, 3.8) is 0 Å². The third-order valence-corrected chi connectivity index (χ3v) is 3.98. The summed E-state index contributed by atoms with van der Waals surface area (Å²) in [5, 5.41) is 0. The van der Waals surface area contributed by atoms with Crippen LogP contribution >= 0.6 is 15.9 Å². The fraction of sp³-hybridized carbons (Fsp3) is 0.562. The highest BCUT2D eigenvalue weighted by atomic mass is 79.9. The number of carbonyl (C=O) groups is 1. The Labute approximate surface area is 133 Å². The molecule has 1 unspecified atom stereocenters. The van der Waals surface area contributed by atoms with E-state index in [-0.39, 0.29) is 6.54 Å². The maximum Gasteiger partial charge on any atom is 0.410 e. The van der Waals surface area contributed by atoms with Crippen LogP contribution in [0.15, 0.2) is 28.7 Å². The summed E-state index contributed by atoms with van der Waals surface area (Å²) in [7, 11) is 0. The molecule has 1 aromatic rings. The molecule has 1 atom stereocenters. The molecule has 0 aromatic heterocycles. The van der Waals surface area contributed by atoms with Crippen LogP contribution in [0.4, 0.5) is 9.18 Å². The van der Waals surface area contributed by atoms with Crippen molar-refractivity contribution in [1.82, 2.24) is 4.90 Å². The van der Waals surface area contributed by atoms with E-state index < -0.39 is 17.4 Å². The van der Waals surface area contributed by atoms with Gasteiger partial charge in [-0.05, 0) is 51.3 Å². The number of carbonyl (C=O) groups excluding carboxylic acids is 1. The average molecular weight is 358 g/mol. The Morgan fingerprint density at radius 3 is 2.52 bits per heavy atom. The fourth-order valence-electron chi connectivity index (χ4n) is 2.48. The molecule has 1 aliphatic rings. The van der Waals surface area contributed by atoms with Gasteiger partial charge in [-0.15, -0.1) is 0 Å². The number of benzene rings is 1. The van der Waals surface area contributed by atoms with E-state index in [0.29, 0.717) is 24.9 Å². The number of piperidine rings is 1. The first-order chi connectivity index (χ1) is 9.70. The van der Waals surface area contributed by atoms with Gasteiger partial charge in [0.2, 0.25) is 0 Å². The van der Waals surface area contributed by atoms with Gasteiger partial charge in [-0.1, -0.05) is 28.1 Å². The van der Waals surface area contributed by atoms with Crippen LogP contribution in [-0.4, -0.2) is 29.7 Å². The smallest absolute Gasteiger partial charge is 0.410 e. The summed E-state index contributed by atoms with van der Waals surface area (Å²) in [5.74, 6) is 0. The summed E-state index contributed by atoms with van der Waals surface area (Å²) in [4.78, 5) is 13.6. The Balaban J connectivity index is 2.12. The minimum Gasteiger partial charge on any atom is -0.444 e. The lowest BCUT2D eigenvalue weighted by Gasteiger charge is -2.38. The van der Waals surface area contributed by atoms with E-state index in [9.17, 15) is 4.79 Å². The number of alkyl halides is 1. The lowest BCUT2D eigenvalue weighted by atomic mass is 9.87. The van der Waals surface area contributed by atoms with Crippen molar-refractivity contribution < 1.29 is 13.9 Å². The van der Waals surface area contributed by atoms with E-state index in [2.05, 4.69) is 15.9 Å². The van der Waals surface area contributed by atoms with Crippen molar-refractivity contribution in [2.75, 3.05) is 13.1 Å². The number of likely N-dealkylation sites (tertiary alicyclic amines) is 1. The van der Waals surface area contributed by atoms with Crippen molar-refractivity contribution in [2.24, 2.45) is 0 Å². The summed E-state index contributed by atoms with van der Waals surface area (Å²) in [6.45, 7) is 6.02. The van der Waals surface area contributed by atoms with Crippen molar-refractivity contribution in [3.05, 3.63) is 34.3 Å². The van der Waals surface area contributed by atoms with E-state index in [0.717, 1.165) is 4.47 Å². The zero-order valence-corrected chi connectivity index (χ0v) is 14.2. The first-order valence-electron chi connectivity index (χ1n) is 7.12. The summed E-state index contributed by atoms with van der Waals surface area (Å²) >= 11 is 3.35. The fourth-order valence-corrected chi connectivity index (χ4v) is 2.74. The molecule has 5 heteroatoms. The number of rotatable bonds is 1. The van der Waals surface area contributed by atoms with Gasteiger partial charge in [-0.2, -0.15) is 0 Å². The number of hydrogen-bond acceptors (Lipinski definition) is 2. The van der Waals surface area contributed by atoms with Gasteiger partial charge < -0.3 is 9.64 Å². The van der Waals surface area contributed by atoms with E-state index in [4.69, 9.17) is 4.74 Å². The van der Waals surface area contributed by atoms with E-state index in [1.165, 1.54) is 4.90 Å². The van der Waals surface area contributed by atoms with Gasteiger partial charge in [0.1, 0.15) is 5.60 Å². The Morgan fingerprint density at radius 1 is 1.33 bits per heavy atom. The normalized spacial score (nSPS) is 23.0. The maximum absolute atomic E-state index is 15.2. The Hall–Kier alpha value is -1.10. The third kappa shape index (κ3) is 4.19. The van der Waals surface area contributed by atoms with E-state index in [1.807, 2.05) is 32.9 Å². The minimum atomic E-state index is -1.50. The van der Waals surface area contributed by atoms with Crippen molar-refractivity contribution >= 4 is 22.0 Å². The van der Waals surface area contributed by atoms with Crippen LogP contribution in [0.1, 0.15) is 39.2 Å².